The average Bonchev–Trinajstić information content (AvgIpc) is 2.61. The molecule has 0 spiro atoms. The number of allylic oxidation sites excluding steroid dienone is 2. The maximum atomic E-state index is 12.6. The predicted molar refractivity (Wildman–Crippen MR) is 87.3 cm³/mol. The molecule has 6 nitrogen and oxygen atoms in total. The van der Waals surface area contributed by atoms with Gasteiger partial charge in [-0.1, -0.05) is 24.3 Å². The maximum Gasteiger partial charge on any atom is 0.252 e. The lowest BCUT2D eigenvalue weighted by Crippen LogP contribution is -2.50. The van der Waals surface area contributed by atoms with Gasteiger partial charge in [0.25, 0.3) is 5.91 Å². The quantitative estimate of drug-likeness (QED) is 0.892. The van der Waals surface area contributed by atoms with E-state index in [9.17, 15) is 4.79 Å². The van der Waals surface area contributed by atoms with Crippen molar-refractivity contribution in [3.63, 3.8) is 0 Å². The zero-order valence-electron chi connectivity index (χ0n) is 13.6. The van der Waals surface area contributed by atoms with E-state index in [-0.39, 0.29) is 30.8 Å². The summed E-state index contributed by atoms with van der Waals surface area (Å²) in [6.07, 6.45) is 11.6. The molecule has 6 heteroatoms. The Labute approximate surface area is 141 Å². The Morgan fingerprint density at radius 3 is 3.00 bits per heavy atom. The number of nitrogens with one attached hydrogen (secondary N) is 1. The van der Waals surface area contributed by atoms with Crippen LogP contribution in [0.4, 0.5) is 0 Å². The molecule has 1 aliphatic heterocycles. The fraction of sp³-hybridized carbons (Fsp3) is 0.500. The SMILES string of the molecule is Cc1ncc2c(n1)CCC[C@@H]2NC(=O)[C@@H]1CO[C@@H]2C=CC=C[C@H]2O1. The van der Waals surface area contributed by atoms with Crippen LogP contribution in [-0.2, 0) is 20.7 Å². The molecule has 1 fully saturated rings. The van der Waals surface area contributed by atoms with Gasteiger partial charge in [-0.05, 0) is 26.2 Å². The maximum absolute atomic E-state index is 12.6. The number of ether oxygens (including phenoxy) is 2. The molecule has 24 heavy (non-hydrogen) atoms. The van der Waals surface area contributed by atoms with E-state index in [4.69, 9.17) is 9.47 Å². The van der Waals surface area contributed by atoms with E-state index in [0.29, 0.717) is 0 Å². The third kappa shape index (κ3) is 2.99. The Kier molecular flexibility index (Phi) is 4.16. The van der Waals surface area contributed by atoms with E-state index in [1.165, 1.54) is 0 Å². The highest BCUT2D eigenvalue weighted by atomic mass is 16.6. The van der Waals surface area contributed by atoms with Gasteiger partial charge in [-0.3, -0.25) is 4.79 Å². The Morgan fingerprint density at radius 1 is 1.29 bits per heavy atom. The Morgan fingerprint density at radius 2 is 2.12 bits per heavy atom. The Bertz CT molecular complexity index is 701. The first-order chi connectivity index (χ1) is 11.7. The van der Waals surface area contributed by atoms with Gasteiger partial charge in [-0.25, -0.2) is 9.97 Å². The number of nitrogens with zero attached hydrogens (tertiary/aromatic N) is 2. The highest BCUT2D eigenvalue weighted by Crippen LogP contribution is 2.28. The molecular weight excluding hydrogens is 306 g/mol. The van der Waals surface area contributed by atoms with Crippen molar-refractivity contribution in [1.29, 1.82) is 0 Å². The van der Waals surface area contributed by atoms with Crippen molar-refractivity contribution in [2.45, 2.75) is 50.5 Å². The minimum absolute atomic E-state index is 0.0510. The van der Waals surface area contributed by atoms with Crippen molar-refractivity contribution in [3.8, 4) is 0 Å². The number of hydrogen-bond acceptors (Lipinski definition) is 5. The molecule has 1 saturated heterocycles. The number of fused-ring (bicyclic) bond motifs is 2. The first kappa shape index (κ1) is 15.5. The summed E-state index contributed by atoms with van der Waals surface area (Å²) >= 11 is 0. The lowest BCUT2D eigenvalue weighted by atomic mass is 9.92. The summed E-state index contributed by atoms with van der Waals surface area (Å²) < 4.78 is 11.6. The van der Waals surface area contributed by atoms with Gasteiger partial charge in [0, 0.05) is 17.5 Å². The molecule has 0 unspecified atom stereocenters. The van der Waals surface area contributed by atoms with E-state index in [1.54, 1.807) is 0 Å². The van der Waals surface area contributed by atoms with Gasteiger partial charge in [-0.15, -0.1) is 0 Å². The van der Waals surface area contributed by atoms with Gasteiger partial charge in [0.1, 0.15) is 18.0 Å². The van der Waals surface area contributed by atoms with Gasteiger partial charge in [0.05, 0.1) is 12.6 Å². The van der Waals surface area contributed by atoms with Crippen molar-refractivity contribution in [3.05, 3.63) is 47.6 Å². The first-order valence-corrected chi connectivity index (χ1v) is 8.45. The molecule has 4 atom stereocenters. The topological polar surface area (TPSA) is 73.3 Å². The molecule has 0 saturated carbocycles. The van der Waals surface area contributed by atoms with E-state index < -0.39 is 6.10 Å². The summed E-state index contributed by atoms with van der Waals surface area (Å²) in [6, 6.07) is -0.0510. The number of carbonyl (C=O) groups is 1. The minimum atomic E-state index is -0.584. The molecule has 1 amide bonds. The van der Waals surface area contributed by atoms with Crippen molar-refractivity contribution < 1.29 is 14.3 Å². The second-order valence-corrected chi connectivity index (χ2v) is 6.43. The number of aromatic nitrogens is 2. The monoisotopic (exact) mass is 327 g/mol. The number of carbonyl (C=O) groups excluding carboxylic acids is 1. The van der Waals surface area contributed by atoms with Crippen molar-refractivity contribution in [2.24, 2.45) is 0 Å². The van der Waals surface area contributed by atoms with Crippen LogP contribution < -0.4 is 5.32 Å². The third-order valence-electron chi connectivity index (χ3n) is 4.71. The van der Waals surface area contributed by atoms with Crippen molar-refractivity contribution in [2.75, 3.05) is 6.61 Å². The zero-order chi connectivity index (χ0) is 16.5. The molecular formula is C18H21N3O3. The lowest BCUT2D eigenvalue weighted by molar-refractivity contribution is -0.168. The number of amides is 1. The van der Waals surface area contributed by atoms with Crippen LogP contribution in [0.1, 0.15) is 36.0 Å². The fourth-order valence-electron chi connectivity index (χ4n) is 3.47. The van der Waals surface area contributed by atoms with Gasteiger partial charge in [0.2, 0.25) is 0 Å². The summed E-state index contributed by atoms with van der Waals surface area (Å²) in [6.45, 7) is 2.16. The van der Waals surface area contributed by atoms with Crippen LogP contribution in [0.2, 0.25) is 0 Å². The highest BCUT2D eigenvalue weighted by molar-refractivity contribution is 5.81. The van der Waals surface area contributed by atoms with Gasteiger partial charge in [-0.2, -0.15) is 0 Å². The second kappa shape index (κ2) is 6.45. The summed E-state index contributed by atoms with van der Waals surface area (Å²) in [5, 5.41) is 3.09. The third-order valence-corrected chi connectivity index (χ3v) is 4.71. The molecule has 0 bridgehead atoms. The number of rotatable bonds is 2. The average molecular weight is 327 g/mol. The summed E-state index contributed by atoms with van der Waals surface area (Å²) in [5.74, 6) is 0.641. The Hall–Kier alpha value is -2.05. The second-order valence-electron chi connectivity index (χ2n) is 6.43. The van der Waals surface area contributed by atoms with Crippen LogP contribution in [0.3, 0.4) is 0 Å². The minimum Gasteiger partial charge on any atom is -0.368 e. The first-order valence-electron chi connectivity index (χ1n) is 8.45. The molecule has 3 aliphatic rings. The van der Waals surface area contributed by atoms with Gasteiger partial charge in [0.15, 0.2) is 6.10 Å². The van der Waals surface area contributed by atoms with Crippen LogP contribution in [-0.4, -0.2) is 40.8 Å². The lowest BCUT2D eigenvalue weighted by Gasteiger charge is -2.35. The Balaban J connectivity index is 1.44. The fourth-order valence-corrected chi connectivity index (χ4v) is 3.47. The molecule has 1 aromatic rings. The predicted octanol–water partition coefficient (Wildman–Crippen LogP) is 1.56. The van der Waals surface area contributed by atoms with Crippen molar-refractivity contribution >= 4 is 5.91 Å². The molecule has 4 rings (SSSR count). The van der Waals surface area contributed by atoms with Crippen LogP contribution in [0.5, 0.6) is 0 Å². The molecule has 0 aromatic carbocycles. The highest BCUT2D eigenvalue weighted by Gasteiger charge is 2.35. The number of aryl methyl sites for hydroxylation is 2. The van der Waals surface area contributed by atoms with E-state index in [1.807, 2.05) is 37.4 Å². The molecule has 2 heterocycles. The standard InChI is InChI=1S/C18H21N3O3/c1-11-19-9-12-13(20-11)5-4-6-14(12)21-18(22)17-10-23-15-7-2-3-8-16(15)24-17/h2-3,7-9,14-17H,4-6,10H2,1H3,(H,21,22)/t14-,15+,16+,17-/m0/s1. The zero-order valence-corrected chi connectivity index (χ0v) is 13.6. The normalized spacial score (nSPS) is 31.2. The summed E-state index contributed by atoms with van der Waals surface area (Å²) in [7, 11) is 0. The van der Waals surface area contributed by atoms with Crippen LogP contribution in [0.15, 0.2) is 30.5 Å². The summed E-state index contributed by atoms with van der Waals surface area (Å²) in [4.78, 5) is 21.4. The molecule has 0 radical (unpaired) electrons. The van der Waals surface area contributed by atoms with E-state index >= 15 is 0 Å². The van der Waals surface area contributed by atoms with Gasteiger partial charge < -0.3 is 14.8 Å². The van der Waals surface area contributed by atoms with Crippen LogP contribution in [0, 0.1) is 6.92 Å². The van der Waals surface area contributed by atoms with Crippen LogP contribution in [0.25, 0.3) is 0 Å². The van der Waals surface area contributed by atoms with E-state index in [2.05, 4.69) is 15.3 Å². The molecule has 1 N–H and O–H groups in total. The van der Waals surface area contributed by atoms with Crippen molar-refractivity contribution in [1.82, 2.24) is 15.3 Å². The van der Waals surface area contributed by atoms with E-state index in [0.717, 1.165) is 36.3 Å². The van der Waals surface area contributed by atoms with Gasteiger partial charge >= 0.3 is 0 Å². The smallest absolute Gasteiger partial charge is 0.252 e. The molecule has 126 valence electrons. The summed E-state index contributed by atoms with van der Waals surface area (Å²) in [5.41, 5.74) is 2.07. The van der Waals surface area contributed by atoms with Crippen LogP contribution >= 0.6 is 0 Å². The molecule has 1 aromatic heterocycles. The molecule has 2 aliphatic carbocycles. The largest absolute Gasteiger partial charge is 0.368 e. The number of hydrogen-bond donors (Lipinski definition) is 1.